The minimum Gasteiger partial charge on any atom is -0.370 e. The lowest BCUT2D eigenvalue weighted by Gasteiger charge is -2.31. The van der Waals surface area contributed by atoms with Crippen LogP contribution in [0.2, 0.25) is 0 Å². The molecule has 2 N–H and O–H groups in total. The zero-order chi connectivity index (χ0) is 11.6. The van der Waals surface area contributed by atoms with Gasteiger partial charge in [0.1, 0.15) is 0 Å². The van der Waals surface area contributed by atoms with E-state index in [9.17, 15) is 0 Å². The van der Waals surface area contributed by atoms with Crippen LogP contribution in [0, 0.1) is 11.3 Å². The first-order chi connectivity index (χ1) is 7.65. The summed E-state index contributed by atoms with van der Waals surface area (Å²) in [6, 6.07) is 0. The molecule has 2 aliphatic rings. The van der Waals surface area contributed by atoms with Crippen LogP contribution in [0.4, 0.5) is 0 Å². The molecule has 0 amide bonds. The van der Waals surface area contributed by atoms with Crippen LogP contribution in [-0.2, 0) is 0 Å². The molecule has 4 heteroatoms. The van der Waals surface area contributed by atoms with Crippen LogP contribution in [0.5, 0.6) is 0 Å². The van der Waals surface area contributed by atoms with E-state index in [1.165, 1.54) is 32.1 Å². The van der Waals surface area contributed by atoms with Gasteiger partial charge in [0, 0.05) is 19.6 Å². The Morgan fingerprint density at radius 3 is 2.41 bits per heavy atom. The van der Waals surface area contributed by atoms with Gasteiger partial charge in [0.15, 0.2) is 5.96 Å². The maximum atomic E-state index is 6.06. The zero-order valence-electron chi connectivity index (χ0n) is 11.1. The molecule has 100 valence electrons. The molecule has 1 heterocycles. The van der Waals surface area contributed by atoms with Gasteiger partial charge in [-0.25, -0.2) is 0 Å². The maximum absolute atomic E-state index is 6.06. The van der Waals surface area contributed by atoms with Gasteiger partial charge in [-0.05, 0) is 43.4 Å². The van der Waals surface area contributed by atoms with Gasteiger partial charge in [0.05, 0.1) is 0 Å². The molecule has 2 rings (SSSR count). The van der Waals surface area contributed by atoms with E-state index >= 15 is 0 Å². The molecule has 0 radical (unpaired) electrons. The fraction of sp³-hybridized carbons (Fsp3) is 0.923. The van der Waals surface area contributed by atoms with Gasteiger partial charge in [-0.2, -0.15) is 0 Å². The van der Waals surface area contributed by atoms with Gasteiger partial charge in [0.2, 0.25) is 0 Å². The molecule has 3 nitrogen and oxygen atoms in total. The smallest absolute Gasteiger partial charge is 0.191 e. The molecule has 0 atom stereocenters. The van der Waals surface area contributed by atoms with Crippen molar-refractivity contribution in [2.24, 2.45) is 22.1 Å². The molecule has 0 aromatic heterocycles. The van der Waals surface area contributed by atoms with Crippen molar-refractivity contribution in [2.75, 3.05) is 19.6 Å². The molecule has 1 aliphatic heterocycles. The SMILES string of the molecule is CCC1(CN=C(N)N2CCC(C)CC2)CC1.I. The molecule has 2 fully saturated rings. The maximum Gasteiger partial charge on any atom is 0.191 e. The van der Waals surface area contributed by atoms with Crippen LogP contribution < -0.4 is 5.73 Å². The summed E-state index contributed by atoms with van der Waals surface area (Å²) in [5.41, 5.74) is 6.58. The molecule has 1 saturated carbocycles. The highest BCUT2D eigenvalue weighted by molar-refractivity contribution is 14.0. The highest BCUT2D eigenvalue weighted by Gasteiger charge is 2.40. The molecular weight excluding hydrogens is 325 g/mol. The Bertz CT molecular complexity index is 266. The second kappa shape index (κ2) is 6.25. The van der Waals surface area contributed by atoms with E-state index in [0.29, 0.717) is 5.41 Å². The van der Waals surface area contributed by atoms with Gasteiger partial charge >= 0.3 is 0 Å². The summed E-state index contributed by atoms with van der Waals surface area (Å²) in [6.07, 6.45) is 6.46. The second-order valence-electron chi connectivity index (χ2n) is 5.70. The van der Waals surface area contributed by atoms with E-state index in [4.69, 9.17) is 5.73 Å². The van der Waals surface area contributed by atoms with E-state index in [2.05, 4.69) is 23.7 Å². The highest BCUT2D eigenvalue weighted by atomic mass is 127. The van der Waals surface area contributed by atoms with Gasteiger partial charge in [-0.3, -0.25) is 4.99 Å². The normalized spacial score (nSPS) is 24.4. The molecule has 0 aromatic carbocycles. The summed E-state index contributed by atoms with van der Waals surface area (Å²) in [5.74, 6) is 1.64. The lowest BCUT2D eigenvalue weighted by molar-refractivity contribution is 0.277. The molecule has 1 aliphatic carbocycles. The van der Waals surface area contributed by atoms with Gasteiger partial charge in [-0.1, -0.05) is 13.8 Å². The van der Waals surface area contributed by atoms with Crippen LogP contribution in [0.25, 0.3) is 0 Å². The van der Waals surface area contributed by atoms with Crippen molar-refractivity contribution in [1.82, 2.24) is 4.90 Å². The standard InChI is InChI=1S/C13H25N3.HI/c1-3-13(6-7-13)10-15-12(14)16-8-4-11(2)5-9-16;/h11H,3-10H2,1-2H3,(H2,14,15);1H. The lowest BCUT2D eigenvalue weighted by atomic mass is 9.99. The molecule has 1 saturated heterocycles. The Balaban J connectivity index is 0.00000144. The number of halogens is 1. The predicted octanol–water partition coefficient (Wildman–Crippen LogP) is 2.84. The number of piperidine rings is 1. The average Bonchev–Trinajstić information content (AvgIpc) is 3.08. The van der Waals surface area contributed by atoms with Crippen molar-refractivity contribution in [3.05, 3.63) is 0 Å². The van der Waals surface area contributed by atoms with Crippen LogP contribution in [0.3, 0.4) is 0 Å². The second-order valence-corrected chi connectivity index (χ2v) is 5.70. The van der Waals surface area contributed by atoms with Gasteiger partial charge in [-0.15, -0.1) is 24.0 Å². The quantitative estimate of drug-likeness (QED) is 0.483. The van der Waals surface area contributed by atoms with E-state index in [-0.39, 0.29) is 24.0 Å². The number of rotatable bonds is 3. The monoisotopic (exact) mass is 351 g/mol. The van der Waals surface area contributed by atoms with Crippen LogP contribution in [0.15, 0.2) is 4.99 Å². The Morgan fingerprint density at radius 2 is 1.94 bits per heavy atom. The minimum atomic E-state index is 0. The molecule has 0 unspecified atom stereocenters. The molecular formula is C13H26IN3. The first-order valence-corrected chi connectivity index (χ1v) is 6.70. The van der Waals surface area contributed by atoms with Crippen molar-refractivity contribution in [2.45, 2.75) is 46.0 Å². The summed E-state index contributed by atoms with van der Waals surface area (Å²) in [7, 11) is 0. The Labute approximate surface area is 122 Å². The van der Waals surface area contributed by atoms with Crippen LogP contribution in [-0.4, -0.2) is 30.5 Å². The summed E-state index contributed by atoms with van der Waals surface area (Å²) in [6.45, 7) is 7.72. The highest BCUT2D eigenvalue weighted by Crippen LogP contribution is 2.48. The van der Waals surface area contributed by atoms with Crippen molar-refractivity contribution < 1.29 is 0 Å². The fourth-order valence-corrected chi connectivity index (χ4v) is 2.39. The van der Waals surface area contributed by atoms with Crippen LogP contribution >= 0.6 is 24.0 Å². The first-order valence-electron chi connectivity index (χ1n) is 6.70. The van der Waals surface area contributed by atoms with Crippen molar-refractivity contribution >= 4 is 29.9 Å². The number of hydrogen-bond acceptors (Lipinski definition) is 1. The Morgan fingerprint density at radius 1 is 1.35 bits per heavy atom. The van der Waals surface area contributed by atoms with E-state index in [1.54, 1.807) is 0 Å². The zero-order valence-corrected chi connectivity index (χ0v) is 13.4. The number of nitrogens with two attached hydrogens (primary N) is 1. The minimum absolute atomic E-state index is 0. The third kappa shape index (κ3) is 4.00. The molecule has 0 bridgehead atoms. The number of likely N-dealkylation sites (tertiary alicyclic amines) is 1. The summed E-state index contributed by atoms with van der Waals surface area (Å²) >= 11 is 0. The van der Waals surface area contributed by atoms with Crippen LogP contribution in [0.1, 0.15) is 46.0 Å². The van der Waals surface area contributed by atoms with Gasteiger partial charge in [0.25, 0.3) is 0 Å². The number of nitrogens with zero attached hydrogens (tertiary/aromatic N) is 2. The Kier molecular flexibility index (Phi) is 5.54. The molecule has 0 aromatic rings. The number of aliphatic imine (C=N–C) groups is 1. The van der Waals surface area contributed by atoms with Crippen molar-refractivity contribution in [1.29, 1.82) is 0 Å². The van der Waals surface area contributed by atoms with E-state index in [0.717, 1.165) is 31.5 Å². The number of guanidine groups is 1. The summed E-state index contributed by atoms with van der Waals surface area (Å²) in [5, 5.41) is 0. The third-order valence-electron chi connectivity index (χ3n) is 4.39. The molecule has 0 spiro atoms. The van der Waals surface area contributed by atoms with E-state index < -0.39 is 0 Å². The lowest BCUT2D eigenvalue weighted by Crippen LogP contribution is -2.42. The van der Waals surface area contributed by atoms with Crippen molar-refractivity contribution in [3.63, 3.8) is 0 Å². The third-order valence-corrected chi connectivity index (χ3v) is 4.39. The number of hydrogen-bond donors (Lipinski definition) is 1. The molecule has 17 heavy (non-hydrogen) atoms. The Hall–Kier alpha value is 0. The topological polar surface area (TPSA) is 41.6 Å². The predicted molar refractivity (Wildman–Crippen MR) is 83.8 cm³/mol. The first kappa shape index (κ1) is 15.1. The largest absolute Gasteiger partial charge is 0.370 e. The average molecular weight is 351 g/mol. The van der Waals surface area contributed by atoms with Crippen molar-refractivity contribution in [3.8, 4) is 0 Å². The summed E-state index contributed by atoms with van der Waals surface area (Å²) < 4.78 is 0. The van der Waals surface area contributed by atoms with E-state index in [1.807, 2.05) is 0 Å². The van der Waals surface area contributed by atoms with Gasteiger partial charge < -0.3 is 10.6 Å². The summed E-state index contributed by atoms with van der Waals surface area (Å²) in [4.78, 5) is 6.85. The fourth-order valence-electron chi connectivity index (χ4n) is 2.39.